The lowest BCUT2D eigenvalue weighted by molar-refractivity contribution is 0.0636. The van der Waals surface area contributed by atoms with Gasteiger partial charge in [0.05, 0.1) is 13.2 Å². The number of phenols is 1. The number of phenolic OH excluding ortho intramolecular Hbond substituents is 1. The molecule has 6 heteroatoms. The number of ether oxygens (including phenoxy) is 3. The Labute approximate surface area is 201 Å². The number of hydrogen-bond acceptors (Lipinski definition) is 5. The van der Waals surface area contributed by atoms with Crippen LogP contribution in [0.1, 0.15) is 43.6 Å². The molecule has 0 fully saturated rings. The number of carbonyl (C=O) groups excluding carboxylic acids is 1. The molecule has 0 radical (unpaired) electrons. The molecule has 0 heterocycles. The van der Waals surface area contributed by atoms with Crippen molar-refractivity contribution in [2.45, 2.75) is 45.8 Å². The first kappa shape index (κ1) is 25.1. The quantitative estimate of drug-likeness (QED) is 0.410. The second kappa shape index (κ2) is 10.6. The molecule has 6 nitrogen and oxygen atoms in total. The van der Waals surface area contributed by atoms with Crippen LogP contribution in [0.3, 0.4) is 0 Å². The predicted octanol–water partition coefficient (Wildman–Crippen LogP) is 6.65. The zero-order chi connectivity index (χ0) is 24.9. The Balaban J connectivity index is 2.08. The van der Waals surface area contributed by atoms with E-state index in [0.29, 0.717) is 23.4 Å². The van der Waals surface area contributed by atoms with Crippen molar-refractivity contribution in [3.8, 4) is 22.6 Å². The number of nitrogens with one attached hydrogen (secondary N) is 1. The maximum atomic E-state index is 12.5. The Morgan fingerprint density at radius 3 is 2.35 bits per heavy atom. The molecule has 0 aliphatic rings. The highest BCUT2D eigenvalue weighted by Gasteiger charge is 2.22. The van der Waals surface area contributed by atoms with E-state index in [1.165, 1.54) is 0 Å². The number of rotatable bonds is 7. The topological polar surface area (TPSA) is 77.0 Å². The van der Waals surface area contributed by atoms with Crippen LogP contribution in [0.15, 0.2) is 60.7 Å². The lowest BCUT2D eigenvalue weighted by Crippen LogP contribution is -2.27. The molecule has 0 spiro atoms. The molecular weight excluding hydrogens is 430 g/mol. The third kappa shape index (κ3) is 6.29. The van der Waals surface area contributed by atoms with E-state index < -0.39 is 17.8 Å². The van der Waals surface area contributed by atoms with E-state index in [2.05, 4.69) is 5.32 Å². The molecule has 3 rings (SSSR count). The van der Waals surface area contributed by atoms with Gasteiger partial charge in [-0.3, -0.25) is 5.32 Å². The summed E-state index contributed by atoms with van der Waals surface area (Å²) in [5.74, 6) is 0.845. The summed E-state index contributed by atoms with van der Waals surface area (Å²) in [6.07, 6.45) is -0.545. The van der Waals surface area contributed by atoms with Gasteiger partial charge < -0.3 is 19.3 Å². The van der Waals surface area contributed by atoms with Crippen molar-refractivity contribution in [1.29, 1.82) is 0 Å². The molecule has 3 aromatic carbocycles. The third-order valence-electron chi connectivity index (χ3n) is 5.32. The smallest absolute Gasteiger partial charge is 0.412 e. The largest absolute Gasteiger partial charge is 0.508 e. The normalized spacial score (nSPS) is 12.2. The number of hydrogen-bond donors (Lipinski definition) is 2. The molecule has 1 amide bonds. The summed E-state index contributed by atoms with van der Waals surface area (Å²) < 4.78 is 17.1. The molecule has 0 saturated carbocycles. The van der Waals surface area contributed by atoms with Crippen molar-refractivity contribution in [2.75, 3.05) is 19.5 Å². The molecule has 2 N–H and O–H groups in total. The fourth-order valence-electron chi connectivity index (χ4n) is 3.86. The highest BCUT2D eigenvalue weighted by atomic mass is 16.6. The van der Waals surface area contributed by atoms with Gasteiger partial charge in [-0.1, -0.05) is 42.0 Å². The predicted molar refractivity (Wildman–Crippen MR) is 135 cm³/mol. The number of methoxy groups -OCH3 is 2. The maximum Gasteiger partial charge on any atom is 0.412 e. The van der Waals surface area contributed by atoms with E-state index in [-0.39, 0.29) is 5.75 Å². The summed E-state index contributed by atoms with van der Waals surface area (Å²) in [7, 11) is 3.23. The minimum Gasteiger partial charge on any atom is -0.508 e. The number of benzene rings is 3. The zero-order valence-electron chi connectivity index (χ0n) is 20.6. The fourth-order valence-corrected chi connectivity index (χ4v) is 3.86. The lowest BCUT2D eigenvalue weighted by Gasteiger charge is -2.23. The Kier molecular flexibility index (Phi) is 7.84. The summed E-state index contributed by atoms with van der Waals surface area (Å²) in [5, 5.41) is 13.3. The highest BCUT2D eigenvalue weighted by Crippen LogP contribution is 2.40. The first-order valence-electron chi connectivity index (χ1n) is 11.2. The van der Waals surface area contributed by atoms with Crippen LogP contribution in [0.25, 0.3) is 11.1 Å². The van der Waals surface area contributed by atoms with Crippen LogP contribution in [0.5, 0.6) is 11.5 Å². The molecule has 0 aromatic heterocycles. The molecule has 34 heavy (non-hydrogen) atoms. The van der Waals surface area contributed by atoms with E-state index in [1.54, 1.807) is 20.3 Å². The number of amides is 1. The number of aryl methyl sites for hydroxylation is 1. The molecule has 3 aromatic rings. The van der Waals surface area contributed by atoms with E-state index >= 15 is 0 Å². The summed E-state index contributed by atoms with van der Waals surface area (Å²) >= 11 is 0. The van der Waals surface area contributed by atoms with Crippen LogP contribution in [-0.2, 0) is 15.9 Å². The first-order valence-corrected chi connectivity index (χ1v) is 11.2. The second-order valence-electron chi connectivity index (χ2n) is 9.20. The molecule has 0 aliphatic heterocycles. The molecule has 0 aliphatic carbocycles. The van der Waals surface area contributed by atoms with Crippen LogP contribution in [0, 0.1) is 6.92 Å². The van der Waals surface area contributed by atoms with Crippen LogP contribution < -0.4 is 10.1 Å². The molecule has 1 atom stereocenters. The van der Waals surface area contributed by atoms with Crippen molar-refractivity contribution in [2.24, 2.45) is 0 Å². The van der Waals surface area contributed by atoms with Gasteiger partial charge in [0.25, 0.3) is 0 Å². The maximum absolute atomic E-state index is 12.5. The van der Waals surface area contributed by atoms with Gasteiger partial charge >= 0.3 is 6.09 Å². The lowest BCUT2D eigenvalue weighted by atomic mass is 9.94. The number of carbonyl (C=O) groups is 1. The molecule has 0 saturated heterocycles. The number of aromatic hydroxyl groups is 1. The Morgan fingerprint density at radius 2 is 1.74 bits per heavy atom. The Hall–Kier alpha value is -3.51. The van der Waals surface area contributed by atoms with Crippen molar-refractivity contribution in [1.82, 2.24) is 0 Å². The minimum atomic E-state index is -0.620. The SMILES string of the molecule is COc1c(CC(OC)c2cc(C)ccc2O)cc(NC(=O)OC(C)(C)C)cc1-c1ccccc1. The van der Waals surface area contributed by atoms with E-state index in [0.717, 1.165) is 22.3 Å². The van der Waals surface area contributed by atoms with Crippen LogP contribution in [0.2, 0.25) is 0 Å². The van der Waals surface area contributed by atoms with Gasteiger partial charge in [0.2, 0.25) is 0 Å². The first-order chi connectivity index (χ1) is 16.1. The van der Waals surface area contributed by atoms with E-state index in [1.807, 2.05) is 82.3 Å². The summed E-state index contributed by atoms with van der Waals surface area (Å²) in [6, 6.07) is 19.0. The van der Waals surface area contributed by atoms with Gasteiger partial charge in [-0.25, -0.2) is 4.79 Å². The fraction of sp³-hybridized carbons (Fsp3) is 0.321. The monoisotopic (exact) mass is 463 g/mol. The van der Waals surface area contributed by atoms with E-state index in [9.17, 15) is 9.90 Å². The van der Waals surface area contributed by atoms with Crippen molar-refractivity contribution in [3.05, 3.63) is 77.4 Å². The Bertz CT molecular complexity index is 1140. The zero-order valence-corrected chi connectivity index (χ0v) is 20.6. The molecule has 0 bridgehead atoms. The van der Waals surface area contributed by atoms with E-state index in [4.69, 9.17) is 14.2 Å². The molecular formula is C28H33NO5. The van der Waals surface area contributed by atoms with Gasteiger partial charge in [0.15, 0.2) is 0 Å². The van der Waals surface area contributed by atoms with Crippen LogP contribution >= 0.6 is 0 Å². The van der Waals surface area contributed by atoms with Crippen LogP contribution in [-0.4, -0.2) is 31.0 Å². The van der Waals surface area contributed by atoms with Gasteiger partial charge in [-0.2, -0.15) is 0 Å². The average Bonchev–Trinajstić information content (AvgIpc) is 2.78. The van der Waals surface area contributed by atoms with Gasteiger partial charge in [0, 0.05) is 30.3 Å². The van der Waals surface area contributed by atoms with Gasteiger partial charge in [-0.15, -0.1) is 0 Å². The average molecular weight is 464 g/mol. The van der Waals surface area contributed by atoms with Gasteiger partial charge in [0.1, 0.15) is 17.1 Å². The molecule has 180 valence electrons. The minimum absolute atomic E-state index is 0.169. The second-order valence-corrected chi connectivity index (χ2v) is 9.20. The Morgan fingerprint density at radius 1 is 1.03 bits per heavy atom. The van der Waals surface area contributed by atoms with Crippen molar-refractivity contribution >= 4 is 11.8 Å². The van der Waals surface area contributed by atoms with Crippen LogP contribution in [0.4, 0.5) is 10.5 Å². The van der Waals surface area contributed by atoms with Crippen molar-refractivity contribution < 1.29 is 24.1 Å². The third-order valence-corrected chi connectivity index (χ3v) is 5.32. The molecule has 1 unspecified atom stereocenters. The summed E-state index contributed by atoms with van der Waals surface area (Å²) in [6.45, 7) is 7.42. The summed E-state index contributed by atoms with van der Waals surface area (Å²) in [4.78, 5) is 12.5. The van der Waals surface area contributed by atoms with Crippen molar-refractivity contribution in [3.63, 3.8) is 0 Å². The summed E-state index contributed by atoms with van der Waals surface area (Å²) in [5.41, 5.74) is 4.26. The highest BCUT2D eigenvalue weighted by molar-refractivity contribution is 5.88. The number of anilines is 1. The van der Waals surface area contributed by atoms with Gasteiger partial charge in [-0.05, 0) is 63.1 Å². The standard InChI is InChI=1S/C28H33NO5/c1-18-12-13-24(30)23(14-18)25(32-5)16-20-15-21(29-27(31)34-28(2,3)4)17-22(26(20)33-6)19-10-8-7-9-11-19/h7-15,17,25,30H,16H2,1-6H3,(H,29,31).